The summed E-state index contributed by atoms with van der Waals surface area (Å²) in [5.41, 5.74) is 5.16. The lowest BCUT2D eigenvalue weighted by molar-refractivity contribution is 0.298. The van der Waals surface area contributed by atoms with E-state index in [9.17, 15) is 0 Å². The largest absolute Gasteiger partial charge is 0.354 e. The van der Waals surface area contributed by atoms with Crippen molar-refractivity contribution in [2.45, 2.75) is 50.4 Å². The molecule has 2 aliphatic carbocycles. The van der Waals surface area contributed by atoms with Gasteiger partial charge in [-0.1, -0.05) is 61.4 Å². The van der Waals surface area contributed by atoms with E-state index in [1.54, 1.807) is 0 Å². The second-order valence-electron chi connectivity index (χ2n) is 11.3. The topological polar surface area (TPSA) is 36.7 Å². The Hall–Kier alpha value is -3.60. The van der Waals surface area contributed by atoms with Crippen LogP contribution in [0.3, 0.4) is 0 Å². The van der Waals surface area contributed by atoms with Crippen LogP contribution in [-0.2, 0) is 0 Å². The first-order valence-electron chi connectivity index (χ1n) is 14.5. The van der Waals surface area contributed by atoms with E-state index in [0.717, 1.165) is 49.5 Å². The van der Waals surface area contributed by atoms with Gasteiger partial charge in [0.05, 0.1) is 5.69 Å². The molecule has 1 saturated heterocycles. The summed E-state index contributed by atoms with van der Waals surface area (Å²) in [7, 11) is 0. The molecule has 2 fully saturated rings. The highest BCUT2D eigenvalue weighted by Gasteiger charge is 2.27. The smallest absolute Gasteiger partial charge is 0.138 e. The number of allylic oxidation sites excluding steroid dienone is 1. The van der Waals surface area contributed by atoms with Crippen LogP contribution in [0.1, 0.15) is 67.2 Å². The third kappa shape index (κ3) is 4.59. The van der Waals surface area contributed by atoms with Gasteiger partial charge in [0.25, 0.3) is 0 Å². The summed E-state index contributed by atoms with van der Waals surface area (Å²) in [4.78, 5) is 14.6. The number of imidazole rings is 1. The second-order valence-corrected chi connectivity index (χ2v) is 11.3. The van der Waals surface area contributed by atoms with Crippen LogP contribution in [0.4, 0.5) is 11.6 Å². The number of piperazine rings is 1. The molecule has 1 saturated carbocycles. The van der Waals surface area contributed by atoms with E-state index < -0.39 is 0 Å². The minimum Gasteiger partial charge on any atom is -0.354 e. The summed E-state index contributed by atoms with van der Waals surface area (Å²) in [5, 5.41) is 0. The summed E-state index contributed by atoms with van der Waals surface area (Å²) in [5.74, 6) is 4.40. The number of pyridine rings is 2. The molecule has 0 bridgehead atoms. The lowest BCUT2D eigenvalue weighted by atomic mass is 9.75. The van der Waals surface area contributed by atoms with Crippen LogP contribution < -0.4 is 9.80 Å². The molecule has 1 aromatic carbocycles. The third-order valence-corrected chi connectivity index (χ3v) is 9.08. The van der Waals surface area contributed by atoms with E-state index >= 15 is 0 Å². The Morgan fingerprint density at radius 2 is 1.68 bits per heavy atom. The fraction of sp³-hybridized carbons (Fsp3) is 0.394. The minimum absolute atomic E-state index is 0.460. The molecule has 0 spiro atoms. The molecule has 3 atom stereocenters. The van der Waals surface area contributed by atoms with Gasteiger partial charge in [-0.15, -0.1) is 0 Å². The van der Waals surface area contributed by atoms with Crippen LogP contribution in [0, 0.1) is 5.92 Å². The van der Waals surface area contributed by atoms with Gasteiger partial charge >= 0.3 is 0 Å². The Kier molecular flexibility index (Phi) is 6.36. The van der Waals surface area contributed by atoms with Crippen molar-refractivity contribution in [1.82, 2.24) is 14.4 Å². The van der Waals surface area contributed by atoms with Crippen molar-refractivity contribution in [2.24, 2.45) is 5.92 Å². The summed E-state index contributed by atoms with van der Waals surface area (Å²) in [6.45, 7) is 3.94. The fourth-order valence-corrected chi connectivity index (χ4v) is 6.98. The predicted molar refractivity (Wildman–Crippen MR) is 156 cm³/mol. The highest BCUT2D eigenvalue weighted by molar-refractivity contribution is 5.63. The molecule has 2 unspecified atom stereocenters. The van der Waals surface area contributed by atoms with Crippen molar-refractivity contribution in [3.8, 4) is 0 Å². The molecule has 4 aromatic rings. The lowest BCUT2D eigenvalue weighted by Gasteiger charge is -2.37. The highest BCUT2D eigenvalue weighted by atomic mass is 15.3. The van der Waals surface area contributed by atoms with Crippen LogP contribution >= 0.6 is 0 Å². The SMILES string of the molecule is C1=CC(CC[C@@H]2CCCC(c3ccccc3)C2)c2nc(N3CCN(c4cccc5nccn45)CC3)ccc21. The lowest BCUT2D eigenvalue weighted by Crippen LogP contribution is -2.47. The molecule has 38 heavy (non-hydrogen) atoms. The Bertz CT molecular complexity index is 1420. The maximum Gasteiger partial charge on any atom is 0.138 e. The molecule has 5 heteroatoms. The molecule has 7 rings (SSSR count). The van der Waals surface area contributed by atoms with E-state index in [0.29, 0.717) is 5.92 Å². The van der Waals surface area contributed by atoms with Crippen LogP contribution in [0.5, 0.6) is 0 Å². The van der Waals surface area contributed by atoms with Crippen molar-refractivity contribution in [1.29, 1.82) is 0 Å². The summed E-state index contributed by atoms with van der Waals surface area (Å²) < 4.78 is 2.19. The molecule has 1 aliphatic heterocycles. The standard InChI is InChI=1S/C33H37N5/c1-2-7-26(8-3-1)29-9-4-6-25(24-29)12-13-27-14-15-28-16-17-31(35-33(27)28)36-20-22-37(23-21-36)32-11-5-10-30-34-18-19-38(30)32/h1-3,5,7-8,10-11,14-19,25,27,29H,4,6,9,12-13,20-24H2/t25-,27?,29?/m0/s1. The number of benzene rings is 1. The highest BCUT2D eigenvalue weighted by Crippen LogP contribution is 2.41. The van der Waals surface area contributed by atoms with E-state index in [2.05, 4.69) is 98.2 Å². The van der Waals surface area contributed by atoms with E-state index in [4.69, 9.17) is 4.98 Å². The quantitative estimate of drug-likeness (QED) is 0.286. The average molecular weight is 504 g/mol. The van der Waals surface area contributed by atoms with E-state index in [1.807, 2.05) is 6.20 Å². The van der Waals surface area contributed by atoms with Crippen molar-refractivity contribution in [3.05, 3.63) is 96.0 Å². The molecular formula is C33H37N5. The first-order valence-corrected chi connectivity index (χ1v) is 14.5. The third-order valence-electron chi connectivity index (χ3n) is 9.08. The van der Waals surface area contributed by atoms with Gasteiger partial charge in [-0.05, 0) is 72.9 Å². The van der Waals surface area contributed by atoms with Gasteiger partial charge < -0.3 is 9.80 Å². The summed E-state index contributed by atoms with van der Waals surface area (Å²) in [6.07, 6.45) is 16.6. The van der Waals surface area contributed by atoms with Crippen molar-refractivity contribution >= 4 is 23.4 Å². The summed E-state index contributed by atoms with van der Waals surface area (Å²) >= 11 is 0. The molecule has 0 amide bonds. The van der Waals surface area contributed by atoms with Crippen molar-refractivity contribution in [2.75, 3.05) is 36.0 Å². The maximum absolute atomic E-state index is 5.25. The Balaban J connectivity index is 0.984. The molecule has 5 nitrogen and oxygen atoms in total. The van der Waals surface area contributed by atoms with Crippen LogP contribution in [0.15, 0.2) is 79.1 Å². The van der Waals surface area contributed by atoms with Gasteiger partial charge in [-0.3, -0.25) is 4.40 Å². The molecule has 194 valence electrons. The van der Waals surface area contributed by atoms with E-state index in [1.165, 1.54) is 61.2 Å². The van der Waals surface area contributed by atoms with Crippen molar-refractivity contribution in [3.63, 3.8) is 0 Å². The molecule has 4 heterocycles. The number of hydrogen-bond acceptors (Lipinski definition) is 4. The fourth-order valence-electron chi connectivity index (χ4n) is 6.98. The van der Waals surface area contributed by atoms with E-state index in [-0.39, 0.29) is 0 Å². The molecule has 3 aromatic heterocycles. The second kappa shape index (κ2) is 10.3. The number of aromatic nitrogens is 3. The first kappa shape index (κ1) is 23.5. The maximum atomic E-state index is 5.25. The zero-order chi connectivity index (χ0) is 25.3. The van der Waals surface area contributed by atoms with Gasteiger partial charge in [0.1, 0.15) is 17.3 Å². The molecule has 3 aliphatic rings. The van der Waals surface area contributed by atoms with Crippen LogP contribution in [0.2, 0.25) is 0 Å². The zero-order valence-electron chi connectivity index (χ0n) is 22.1. The molecular weight excluding hydrogens is 466 g/mol. The van der Waals surface area contributed by atoms with Crippen molar-refractivity contribution < 1.29 is 0 Å². The van der Waals surface area contributed by atoms with Gasteiger partial charge in [-0.25, -0.2) is 9.97 Å². The monoisotopic (exact) mass is 503 g/mol. The molecule has 0 radical (unpaired) electrons. The Labute approximate surface area is 225 Å². The average Bonchev–Trinajstić information content (AvgIpc) is 3.64. The van der Waals surface area contributed by atoms with Crippen LogP contribution in [-0.4, -0.2) is 40.5 Å². The Morgan fingerprint density at radius 1 is 0.816 bits per heavy atom. The number of nitrogens with zero attached hydrogens (tertiary/aromatic N) is 5. The predicted octanol–water partition coefficient (Wildman–Crippen LogP) is 6.92. The number of anilines is 2. The molecule has 0 N–H and O–H groups in total. The number of hydrogen-bond donors (Lipinski definition) is 0. The zero-order valence-corrected chi connectivity index (χ0v) is 22.1. The summed E-state index contributed by atoms with van der Waals surface area (Å²) in [6, 6.07) is 22.1. The van der Waals surface area contributed by atoms with Gasteiger partial charge in [0.2, 0.25) is 0 Å². The van der Waals surface area contributed by atoms with Gasteiger partial charge in [-0.2, -0.15) is 0 Å². The van der Waals surface area contributed by atoms with Crippen LogP contribution in [0.25, 0.3) is 11.7 Å². The number of rotatable bonds is 6. The number of fused-ring (bicyclic) bond motifs is 2. The van der Waals surface area contributed by atoms with Gasteiger partial charge in [0.15, 0.2) is 0 Å². The first-order chi connectivity index (χ1) is 18.8. The minimum atomic E-state index is 0.460. The Morgan fingerprint density at radius 3 is 2.58 bits per heavy atom. The van der Waals surface area contributed by atoms with Gasteiger partial charge in [0, 0.05) is 44.5 Å². The normalized spacial score (nSPS) is 23.2.